The molecule has 2 amide bonds. The van der Waals surface area contributed by atoms with Crippen LogP contribution in [0.5, 0.6) is 0 Å². The van der Waals surface area contributed by atoms with Crippen molar-refractivity contribution in [1.29, 1.82) is 0 Å². The summed E-state index contributed by atoms with van der Waals surface area (Å²) >= 11 is 0. The van der Waals surface area contributed by atoms with Crippen LogP contribution >= 0.6 is 0 Å². The summed E-state index contributed by atoms with van der Waals surface area (Å²) < 4.78 is 10.2. The van der Waals surface area contributed by atoms with E-state index in [0.29, 0.717) is 24.5 Å². The van der Waals surface area contributed by atoms with E-state index in [-0.39, 0.29) is 50.5 Å². The van der Waals surface area contributed by atoms with Gasteiger partial charge in [0, 0.05) is 30.6 Å². The van der Waals surface area contributed by atoms with Crippen molar-refractivity contribution in [2.45, 2.75) is 25.9 Å². The molecule has 1 atom stereocenters. The Morgan fingerprint density at radius 1 is 1.37 bits per heavy atom. The second-order valence-corrected chi connectivity index (χ2v) is 6.71. The first-order valence-corrected chi connectivity index (χ1v) is 8.67. The number of carbonyl (C=O) groups is 2. The molecule has 0 spiro atoms. The van der Waals surface area contributed by atoms with Gasteiger partial charge in [-0.15, -0.1) is 0 Å². The number of nitrogens with two attached hydrogens (primary N) is 1. The Hall–Kier alpha value is -2.30. The first-order valence-electron chi connectivity index (χ1n) is 8.67. The van der Waals surface area contributed by atoms with Gasteiger partial charge in [0.25, 0.3) is 0 Å². The van der Waals surface area contributed by atoms with Crippen LogP contribution < -0.4 is 11.1 Å². The third-order valence-corrected chi connectivity index (χ3v) is 4.37. The van der Waals surface area contributed by atoms with Gasteiger partial charge >= 0.3 is 0 Å². The van der Waals surface area contributed by atoms with Gasteiger partial charge in [-0.1, -0.05) is 0 Å². The monoisotopic (exact) mass is 381 g/mol. The maximum Gasteiger partial charge on any atom is 0.246 e. The molecule has 1 saturated heterocycles. The molecule has 1 aromatic heterocycles. The van der Waals surface area contributed by atoms with E-state index in [1.165, 1.54) is 12.0 Å². The molecule has 0 saturated carbocycles. The van der Waals surface area contributed by atoms with Crippen LogP contribution in [0.4, 0.5) is 5.95 Å². The Balaban J connectivity index is 2.06. The highest BCUT2D eigenvalue weighted by Crippen LogP contribution is 2.16. The average Bonchev–Trinajstić information content (AvgIpc) is 2.79. The summed E-state index contributed by atoms with van der Waals surface area (Å²) in [5.74, 6) is -0.356. The minimum absolute atomic E-state index is 0.0209. The lowest BCUT2D eigenvalue weighted by Crippen LogP contribution is -2.54. The Morgan fingerprint density at radius 3 is 2.67 bits per heavy atom. The lowest BCUT2D eigenvalue weighted by Gasteiger charge is -2.31. The lowest BCUT2D eigenvalue weighted by molar-refractivity contribution is -0.133. The van der Waals surface area contributed by atoms with Gasteiger partial charge in [0.05, 0.1) is 32.7 Å². The number of aliphatic hydroxyl groups is 1. The molecule has 1 aliphatic heterocycles. The van der Waals surface area contributed by atoms with E-state index in [1.54, 1.807) is 13.8 Å². The van der Waals surface area contributed by atoms with E-state index in [4.69, 9.17) is 15.2 Å². The summed E-state index contributed by atoms with van der Waals surface area (Å²) in [5, 5.41) is 13.4. The average molecular weight is 381 g/mol. The summed E-state index contributed by atoms with van der Waals surface area (Å²) in [6.07, 6.45) is 0.101. The van der Waals surface area contributed by atoms with Crippen LogP contribution in [0, 0.1) is 13.8 Å². The van der Waals surface area contributed by atoms with Crippen molar-refractivity contribution >= 4 is 17.8 Å². The van der Waals surface area contributed by atoms with Gasteiger partial charge in [-0.2, -0.15) is 0 Å². The predicted molar refractivity (Wildman–Crippen MR) is 96.9 cm³/mol. The van der Waals surface area contributed by atoms with Crippen LogP contribution in [0.1, 0.15) is 17.0 Å². The number of rotatable bonds is 6. The van der Waals surface area contributed by atoms with Crippen molar-refractivity contribution in [3.8, 4) is 0 Å². The smallest absolute Gasteiger partial charge is 0.246 e. The number of aryl methyl sites for hydroxylation is 2. The molecule has 10 nitrogen and oxygen atoms in total. The molecule has 0 radical (unpaired) electrons. The number of nitrogen functional groups attached to an aromatic ring is 1. The molecule has 1 aliphatic rings. The largest absolute Gasteiger partial charge is 0.384 e. The Labute approximate surface area is 158 Å². The van der Waals surface area contributed by atoms with Crippen molar-refractivity contribution in [1.82, 2.24) is 20.2 Å². The normalized spacial score (nSPS) is 20.2. The van der Waals surface area contributed by atoms with E-state index in [0.717, 1.165) is 5.56 Å². The first kappa shape index (κ1) is 21.0. The Kier molecular flexibility index (Phi) is 7.05. The van der Waals surface area contributed by atoms with E-state index < -0.39 is 5.60 Å². The summed E-state index contributed by atoms with van der Waals surface area (Å²) in [7, 11) is 1.41. The highest BCUT2D eigenvalue weighted by molar-refractivity contribution is 5.79. The minimum Gasteiger partial charge on any atom is -0.384 e. The van der Waals surface area contributed by atoms with Gasteiger partial charge in [0.2, 0.25) is 17.8 Å². The van der Waals surface area contributed by atoms with E-state index in [9.17, 15) is 14.7 Å². The molecule has 4 N–H and O–H groups in total. The fourth-order valence-corrected chi connectivity index (χ4v) is 2.97. The molecule has 0 aliphatic carbocycles. The topological polar surface area (TPSA) is 140 Å². The summed E-state index contributed by atoms with van der Waals surface area (Å²) in [4.78, 5) is 34.1. The number of nitrogens with one attached hydrogen (secondary N) is 1. The lowest BCUT2D eigenvalue weighted by atomic mass is 10.0. The second kappa shape index (κ2) is 9.07. The molecule has 2 rings (SSSR count). The van der Waals surface area contributed by atoms with Crippen LogP contribution in [0.2, 0.25) is 0 Å². The van der Waals surface area contributed by atoms with Gasteiger partial charge in [-0.05, 0) is 13.8 Å². The zero-order chi connectivity index (χ0) is 20.0. The van der Waals surface area contributed by atoms with Crippen molar-refractivity contribution in [2.24, 2.45) is 0 Å². The summed E-state index contributed by atoms with van der Waals surface area (Å²) in [5.41, 5.74) is 6.28. The highest BCUT2D eigenvalue weighted by Gasteiger charge is 2.35. The molecule has 1 fully saturated rings. The number of β-amino-alcohol motifs (C(OH)–C–C–N with tert-alkyl or cyclic N) is 1. The number of ether oxygens (including phenoxy) is 2. The number of anilines is 1. The molecule has 2 heterocycles. The van der Waals surface area contributed by atoms with Crippen LogP contribution in [0.25, 0.3) is 0 Å². The van der Waals surface area contributed by atoms with Gasteiger partial charge < -0.3 is 30.5 Å². The molecule has 27 heavy (non-hydrogen) atoms. The molecule has 1 unspecified atom stereocenters. The minimum atomic E-state index is -1.38. The molecule has 0 bridgehead atoms. The zero-order valence-corrected chi connectivity index (χ0v) is 15.9. The standard InChI is InChI=1S/C17H27N5O5/c1-11-13(12(2)21-16(18)20-11)6-15(24)22-4-5-27-10-17(25,9-22)8-19-14(23)7-26-3/h25H,4-10H2,1-3H3,(H,19,23)(H2,18,20,21). The van der Waals surface area contributed by atoms with Crippen LogP contribution in [0.3, 0.4) is 0 Å². The molecule has 10 heteroatoms. The number of carbonyl (C=O) groups excluding carboxylic acids is 2. The Bertz CT molecular complexity index is 675. The van der Waals surface area contributed by atoms with Crippen LogP contribution in [0.15, 0.2) is 0 Å². The maximum absolute atomic E-state index is 12.8. The fourth-order valence-electron chi connectivity index (χ4n) is 2.97. The third kappa shape index (κ3) is 5.84. The molecule has 1 aromatic rings. The molecular formula is C17H27N5O5. The van der Waals surface area contributed by atoms with Gasteiger partial charge in [-0.3, -0.25) is 9.59 Å². The Morgan fingerprint density at radius 2 is 2.04 bits per heavy atom. The second-order valence-electron chi connectivity index (χ2n) is 6.71. The van der Waals surface area contributed by atoms with E-state index in [2.05, 4.69) is 15.3 Å². The van der Waals surface area contributed by atoms with E-state index >= 15 is 0 Å². The van der Waals surface area contributed by atoms with Crippen molar-refractivity contribution in [2.75, 3.05) is 52.3 Å². The predicted octanol–water partition coefficient (Wildman–Crippen LogP) is -1.43. The molecule has 150 valence electrons. The maximum atomic E-state index is 12.8. The quantitative estimate of drug-likeness (QED) is 0.545. The number of methoxy groups -OCH3 is 1. The van der Waals surface area contributed by atoms with Crippen LogP contribution in [-0.4, -0.2) is 84.0 Å². The highest BCUT2D eigenvalue weighted by atomic mass is 16.5. The SMILES string of the molecule is COCC(=O)NCC1(O)COCCN(C(=O)Cc2c(C)nc(N)nc2C)C1. The molecule has 0 aromatic carbocycles. The van der Waals surface area contributed by atoms with Gasteiger partial charge in [0.1, 0.15) is 12.2 Å². The van der Waals surface area contributed by atoms with Crippen molar-refractivity contribution in [3.63, 3.8) is 0 Å². The first-order chi connectivity index (χ1) is 12.7. The number of nitrogens with zero attached hydrogens (tertiary/aromatic N) is 3. The van der Waals surface area contributed by atoms with E-state index in [1.807, 2.05) is 0 Å². The summed E-state index contributed by atoms with van der Waals surface area (Å²) in [6, 6.07) is 0. The fraction of sp³-hybridized carbons (Fsp3) is 0.647. The van der Waals surface area contributed by atoms with Gasteiger partial charge in [0.15, 0.2) is 0 Å². The van der Waals surface area contributed by atoms with Crippen molar-refractivity contribution in [3.05, 3.63) is 17.0 Å². The zero-order valence-electron chi connectivity index (χ0n) is 15.9. The number of hydrogen-bond donors (Lipinski definition) is 3. The number of amides is 2. The number of hydrogen-bond acceptors (Lipinski definition) is 8. The summed E-state index contributed by atoms with van der Waals surface area (Å²) in [6.45, 7) is 4.14. The van der Waals surface area contributed by atoms with Crippen molar-refractivity contribution < 1.29 is 24.2 Å². The number of aromatic nitrogens is 2. The molecular weight excluding hydrogens is 354 g/mol. The van der Waals surface area contributed by atoms with Crippen LogP contribution in [-0.2, 0) is 25.5 Å². The third-order valence-electron chi connectivity index (χ3n) is 4.37. The van der Waals surface area contributed by atoms with Gasteiger partial charge in [-0.25, -0.2) is 9.97 Å².